The fraction of sp³-hybridized carbons (Fsp3) is 0.562. The molecule has 0 saturated carbocycles. The second-order valence-corrected chi connectivity index (χ2v) is 5.72. The van der Waals surface area contributed by atoms with Crippen molar-refractivity contribution >= 4 is 5.96 Å². The number of guanidine groups is 1. The molecule has 0 aliphatic carbocycles. The first-order chi connectivity index (χ1) is 10.7. The molecule has 1 saturated heterocycles. The molecule has 1 fully saturated rings. The highest BCUT2D eigenvalue weighted by Crippen LogP contribution is 2.31. The minimum absolute atomic E-state index is 0.142. The third-order valence-corrected chi connectivity index (χ3v) is 4.03. The van der Waals surface area contributed by atoms with Crippen LogP contribution in [0, 0.1) is 0 Å². The van der Waals surface area contributed by atoms with Crippen molar-refractivity contribution in [2.24, 2.45) is 10.7 Å². The van der Waals surface area contributed by atoms with Gasteiger partial charge in [-0.15, -0.1) is 0 Å². The molecule has 6 nitrogen and oxygen atoms in total. The van der Waals surface area contributed by atoms with Crippen LogP contribution in [0.25, 0.3) is 0 Å². The SMILES string of the molecule is CC1(CCN=C(N)NC2CCOc3ccccc32)OCCO1. The van der Waals surface area contributed by atoms with E-state index in [1.165, 1.54) is 0 Å². The molecule has 1 aromatic rings. The molecule has 0 radical (unpaired) electrons. The van der Waals surface area contributed by atoms with Crippen LogP contribution in [-0.2, 0) is 9.47 Å². The molecule has 1 aromatic carbocycles. The topological polar surface area (TPSA) is 78.1 Å². The second kappa shape index (κ2) is 6.54. The van der Waals surface area contributed by atoms with Gasteiger partial charge in [0.15, 0.2) is 11.7 Å². The van der Waals surface area contributed by atoms with E-state index >= 15 is 0 Å². The van der Waals surface area contributed by atoms with Crippen molar-refractivity contribution < 1.29 is 14.2 Å². The summed E-state index contributed by atoms with van der Waals surface area (Å²) in [4.78, 5) is 4.38. The largest absolute Gasteiger partial charge is 0.493 e. The van der Waals surface area contributed by atoms with Crippen LogP contribution in [0.3, 0.4) is 0 Å². The van der Waals surface area contributed by atoms with Crippen LogP contribution in [-0.4, -0.2) is 38.1 Å². The van der Waals surface area contributed by atoms with Gasteiger partial charge in [0.25, 0.3) is 0 Å². The van der Waals surface area contributed by atoms with E-state index in [0.717, 1.165) is 17.7 Å². The summed E-state index contributed by atoms with van der Waals surface area (Å²) in [5.41, 5.74) is 7.13. The molecule has 0 spiro atoms. The molecular formula is C16H23N3O3. The fourth-order valence-corrected chi connectivity index (χ4v) is 2.80. The highest BCUT2D eigenvalue weighted by Gasteiger charge is 2.30. The second-order valence-electron chi connectivity index (χ2n) is 5.72. The van der Waals surface area contributed by atoms with Gasteiger partial charge < -0.3 is 25.3 Å². The van der Waals surface area contributed by atoms with E-state index in [9.17, 15) is 0 Å². The summed E-state index contributed by atoms with van der Waals surface area (Å²) in [5, 5.41) is 3.28. The molecule has 3 N–H and O–H groups in total. The quantitative estimate of drug-likeness (QED) is 0.652. The molecular weight excluding hydrogens is 282 g/mol. The number of benzene rings is 1. The molecule has 0 aromatic heterocycles. The molecule has 0 bridgehead atoms. The van der Waals surface area contributed by atoms with E-state index in [-0.39, 0.29) is 6.04 Å². The summed E-state index contributed by atoms with van der Waals surface area (Å²) < 4.78 is 16.7. The van der Waals surface area contributed by atoms with Crippen molar-refractivity contribution in [3.05, 3.63) is 29.8 Å². The lowest BCUT2D eigenvalue weighted by atomic mass is 10.0. The predicted octanol–water partition coefficient (Wildman–Crippen LogP) is 1.57. The molecule has 22 heavy (non-hydrogen) atoms. The van der Waals surface area contributed by atoms with Gasteiger partial charge in [-0.25, -0.2) is 0 Å². The maximum Gasteiger partial charge on any atom is 0.189 e. The van der Waals surface area contributed by atoms with Crippen molar-refractivity contribution in [2.75, 3.05) is 26.4 Å². The van der Waals surface area contributed by atoms with Gasteiger partial charge in [0.2, 0.25) is 0 Å². The van der Waals surface area contributed by atoms with Gasteiger partial charge >= 0.3 is 0 Å². The van der Waals surface area contributed by atoms with Gasteiger partial charge in [0.05, 0.1) is 25.9 Å². The molecule has 120 valence electrons. The number of nitrogens with zero attached hydrogens (tertiary/aromatic N) is 1. The smallest absolute Gasteiger partial charge is 0.189 e. The van der Waals surface area contributed by atoms with Crippen molar-refractivity contribution in [2.45, 2.75) is 31.6 Å². The first kappa shape index (κ1) is 15.1. The van der Waals surface area contributed by atoms with Gasteiger partial charge in [0, 0.05) is 24.9 Å². The van der Waals surface area contributed by atoms with E-state index in [0.29, 0.717) is 38.7 Å². The van der Waals surface area contributed by atoms with Crippen molar-refractivity contribution in [3.63, 3.8) is 0 Å². The Balaban J connectivity index is 1.55. The maximum atomic E-state index is 6.01. The van der Waals surface area contributed by atoms with Crippen LogP contribution in [0.1, 0.15) is 31.4 Å². The summed E-state index contributed by atoms with van der Waals surface area (Å²) in [7, 11) is 0. The van der Waals surface area contributed by atoms with Gasteiger partial charge in [-0.2, -0.15) is 0 Å². The maximum absolute atomic E-state index is 6.01. The molecule has 2 aliphatic heterocycles. The lowest BCUT2D eigenvalue weighted by molar-refractivity contribution is -0.144. The minimum atomic E-state index is -0.519. The standard InChI is InChI=1S/C16H23N3O3/c1-16(21-10-11-22-16)7-8-18-15(17)19-13-6-9-20-14-5-3-2-4-12(13)14/h2-5,13H,6-11H2,1H3,(H3,17,18,19). The Bertz CT molecular complexity index is 541. The zero-order valence-corrected chi connectivity index (χ0v) is 12.9. The van der Waals surface area contributed by atoms with E-state index in [1.54, 1.807) is 0 Å². The van der Waals surface area contributed by atoms with E-state index in [2.05, 4.69) is 16.4 Å². The van der Waals surface area contributed by atoms with E-state index in [1.807, 2.05) is 25.1 Å². The fourth-order valence-electron chi connectivity index (χ4n) is 2.80. The number of ether oxygens (including phenoxy) is 3. The number of nitrogens with one attached hydrogen (secondary N) is 1. The Hall–Kier alpha value is -1.79. The monoisotopic (exact) mass is 305 g/mol. The molecule has 2 heterocycles. The number of aliphatic imine (C=N–C) groups is 1. The third kappa shape index (κ3) is 3.51. The highest BCUT2D eigenvalue weighted by atomic mass is 16.7. The van der Waals surface area contributed by atoms with E-state index in [4.69, 9.17) is 19.9 Å². The lowest BCUT2D eigenvalue weighted by Gasteiger charge is -2.27. The molecule has 0 amide bonds. The minimum Gasteiger partial charge on any atom is -0.493 e. The Labute approximate surface area is 130 Å². The molecule has 1 unspecified atom stereocenters. The summed E-state index contributed by atoms with van der Waals surface area (Å²) in [5.74, 6) is 0.845. The molecule has 6 heteroatoms. The Morgan fingerprint density at radius 2 is 2.09 bits per heavy atom. The normalized spacial score (nSPS) is 23.7. The van der Waals surface area contributed by atoms with Crippen molar-refractivity contribution in [1.82, 2.24) is 5.32 Å². The summed E-state index contributed by atoms with van der Waals surface area (Å²) in [6, 6.07) is 8.15. The number of hydrogen-bond acceptors (Lipinski definition) is 4. The third-order valence-electron chi connectivity index (χ3n) is 4.03. The Kier molecular flexibility index (Phi) is 4.49. The summed E-state index contributed by atoms with van der Waals surface area (Å²) in [6.07, 6.45) is 1.57. The van der Waals surface area contributed by atoms with Gasteiger partial charge in [-0.05, 0) is 13.0 Å². The number of hydrogen-bond donors (Lipinski definition) is 2. The molecule has 1 atom stereocenters. The Morgan fingerprint density at radius 1 is 1.32 bits per heavy atom. The average Bonchev–Trinajstić information content (AvgIpc) is 2.94. The zero-order valence-electron chi connectivity index (χ0n) is 12.9. The van der Waals surface area contributed by atoms with Crippen LogP contribution in [0.4, 0.5) is 0 Å². The van der Waals surface area contributed by atoms with Gasteiger partial charge in [-0.1, -0.05) is 18.2 Å². The van der Waals surface area contributed by atoms with Crippen LogP contribution >= 0.6 is 0 Å². The van der Waals surface area contributed by atoms with Crippen LogP contribution in [0.15, 0.2) is 29.3 Å². The number of para-hydroxylation sites is 1. The van der Waals surface area contributed by atoms with E-state index < -0.39 is 5.79 Å². The highest BCUT2D eigenvalue weighted by molar-refractivity contribution is 5.78. The van der Waals surface area contributed by atoms with Crippen LogP contribution in [0.2, 0.25) is 0 Å². The number of nitrogens with two attached hydrogens (primary N) is 1. The zero-order chi connectivity index (χ0) is 15.4. The van der Waals surface area contributed by atoms with Gasteiger partial charge in [-0.3, -0.25) is 4.99 Å². The predicted molar refractivity (Wildman–Crippen MR) is 83.8 cm³/mol. The van der Waals surface area contributed by atoms with Crippen molar-refractivity contribution in [1.29, 1.82) is 0 Å². The van der Waals surface area contributed by atoms with Crippen molar-refractivity contribution in [3.8, 4) is 5.75 Å². The van der Waals surface area contributed by atoms with Gasteiger partial charge in [0.1, 0.15) is 5.75 Å². The average molecular weight is 305 g/mol. The Morgan fingerprint density at radius 3 is 2.91 bits per heavy atom. The van der Waals surface area contributed by atoms with Crippen LogP contribution in [0.5, 0.6) is 5.75 Å². The molecule has 2 aliphatic rings. The first-order valence-electron chi connectivity index (χ1n) is 7.72. The first-order valence-corrected chi connectivity index (χ1v) is 7.72. The number of rotatable bonds is 4. The molecule has 3 rings (SSSR count). The number of fused-ring (bicyclic) bond motifs is 1. The summed E-state index contributed by atoms with van der Waals surface area (Å²) >= 11 is 0. The lowest BCUT2D eigenvalue weighted by Crippen LogP contribution is -2.37. The summed E-state index contributed by atoms with van der Waals surface area (Å²) in [6.45, 7) is 4.48. The van der Waals surface area contributed by atoms with Crippen LogP contribution < -0.4 is 15.8 Å².